The zero-order valence-electron chi connectivity index (χ0n) is 12.3. The Bertz CT molecular complexity index is 376. The fraction of sp³-hybridized carbons (Fsp3) is 1.00. The molecule has 2 rings (SSSR count). The SMILES string of the molecule is CC1(C)C2CCC1(C)C(NCCSP(=O)([O-])O)C2.[Na+]. The van der Waals surface area contributed by atoms with Crippen molar-refractivity contribution in [2.75, 3.05) is 12.3 Å². The molecule has 0 saturated heterocycles. The summed E-state index contributed by atoms with van der Waals surface area (Å²) in [4.78, 5) is 19.3. The van der Waals surface area contributed by atoms with Crippen LogP contribution in [0.25, 0.3) is 0 Å². The summed E-state index contributed by atoms with van der Waals surface area (Å²) in [5, 5.41) is 3.49. The van der Waals surface area contributed by atoms with Crippen molar-refractivity contribution in [1.29, 1.82) is 0 Å². The third-order valence-electron chi connectivity index (χ3n) is 5.54. The van der Waals surface area contributed by atoms with E-state index in [2.05, 4.69) is 26.1 Å². The van der Waals surface area contributed by atoms with Crippen molar-refractivity contribution in [3.05, 3.63) is 0 Å². The monoisotopic (exact) mass is 315 g/mol. The molecule has 4 unspecified atom stereocenters. The molecule has 2 aliphatic rings. The van der Waals surface area contributed by atoms with Crippen LogP contribution in [0.1, 0.15) is 40.0 Å². The second kappa shape index (κ2) is 6.29. The van der Waals surface area contributed by atoms with E-state index in [1.54, 1.807) is 0 Å². The zero-order chi connectivity index (χ0) is 13.6. The van der Waals surface area contributed by atoms with E-state index in [9.17, 15) is 9.46 Å². The second-order valence-electron chi connectivity index (χ2n) is 6.42. The van der Waals surface area contributed by atoms with E-state index < -0.39 is 6.80 Å². The van der Waals surface area contributed by atoms with Crippen LogP contribution in [0, 0.1) is 16.7 Å². The molecule has 4 nitrogen and oxygen atoms in total. The van der Waals surface area contributed by atoms with Gasteiger partial charge in [0, 0.05) is 18.3 Å². The zero-order valence-corrected chi connectivity index (χ0v) is 16.0. The fourth-order valence-corrected chi connectivity index (χ4v) is 5.31. The predicted molar refractivity (Wildman–Crippen MR) is 73.3 cm³/mol. The minimum absolute atomic E-state index is 0. The van der Waals surface area contributed by atoms with E-state index in [0.29, 0.717) is 40.6 Å². The number of rotatable bonds is 5. The maximum atomic E-state index is 10.6. The molecule has 0 aromatic rings. The molecule has 0 aromatic heterocycles. The number of nitrogens with one attached hydrogen (secondary N) is 1. The van der Waals surface area contributed by atoms with Crippen molar-refractivity contribution in [2.45, 2.75) is 46.1 Å². The minimum atomic E-state index is -4.16. The summed E-state index contributed by atoms with van der Waals surface area (Å²) in [6, 6.07) is 0.483. The molecule has 0 radical (unpaired) electrons. The van der Waals surface area contributed by atoms with Gasteiger partial charge >= 0.3 is 29.6 Å². The Balaban J connectivity index is 0.00000180. The van der Waals surface area contributed by atoms with Crippen molar-refractivity contribution in [3.8, 4) is 0 Å². The summed E-state index contributed by atoms with van der Waals surface area (Å²) >= 11 is 0.629. The van der Waals surface area contributed by atoms with Crippen molar-refractivity contribution >= 4 is 18.2 Å². The van der Waals surface area contributed by atoms with Gasteiger partial charge in [-0.2, -0.15) is 0 Å². The molecule has 0 amide bonds. The topological polar surface area (TPSA) is 72.4 Å². The third-order valence-corrected chi connectivity index (χ3v) is 7.78. The second-order valence-corrected chi connectivity index (χ2v) is 10.2. The maximum Gasteiger partial charge on any atom is 1.00 e. The summed E-state index contributed by atoms with van der Waals surface area (Å²) < 4.78 is 10.6. The molecule has 0 heterocycles. The van der Waals surface area contributed by atoms with E-state index in [4.69, 9.17) is 4.89 Å². The van der Waals surface area contributed by atoms with Crippen LogP contribution in [0.15, 0.2) is 0 Å². The summed E-state index contributed by atoms with van der Waals surface area (Å²) in [5.74, 6) is 1.20. The summed E-state index contributed by atoms with van der Waals surface area (Å²) in [5.41, 5.74) is 0.700. The number of fused-ring (bicyclic) bond motifs is 2. The third kappa shape index (κ3) is 3.62. The van der Waals surface area contributed by atoms with Crippen molar-refractivity contribution in [3.63, 3.8) is 0 Å². The van der Waals surface area contributed by atoms with Crippen LogP contribution in [-0.2, 0) is 4.57 Å². The molecule has 2 bridgehead atoms. The number of hydrogen-bond donors (Lipinski definition) is 2. The van der Waals surface area contributed by atoms with Crippen LogP contribution in [0.3, 0.4) is 0 Å². The Morgan fingerprint density at radius 2 is 2.11 bits per heavy atom. The number of hydrogen-bond acceptors (Lipinski definition) is 4. The molecular weight excluding hydrogens is 292 g/mol. The smallest absolute Gasteiger partial charge is 0.770 e. The Morgan fingerprint density at radius 3 is 2.53 bits per heavy atom. The van der Waals surface area contributed by atoms with Crippen molar-refractivity contribution < 1.29 is 43.9 Å². The molecule has 2 aliphatic carbocycles. The first-order valence-electron chi connectivity index (χ1n) is 6.58. The minimum Gasteiger partial charge on any atom is -0.770 e. The van der Waals surface area contributed by atoms with Crippen LogP contribution in [0.2, 0.25) is 0 Å². The van der Waals surface area contributed by atoms with E-state index in [0.717, 1.165) is 5.92 Å². The summed E-state index contributed by atoms with van der Waals surface area (Å²) in [6.45, 7) is 3.56. The van der Waals surface area contributed by atoms with Gasteiger partial charge in [0.25, 0.3) is 0 Å². The van der Waals surface area contributed by atoms with Crippen LogP contribution in [0.5, 0.6) is 0 Å². The van der Waals surface area contributed by atoms with Gasteiger partial charge in [-0.1, -0.05) is 32.2 Å². The van der Waals surface area contributed by atoms with E-state index >= 15 is 0 Å². The quantitative estimate of drug-likeness (QED) is 0.386. The van der Waals surface area contributed by atoms with Crippen LogP contribution >= 0.6 is 18.2 Å². The van der Waals surface area contributed by atoms with Gasteiger partial charge < -0.3 is 15.1 Å². The van der Waals surface area contributed by atoms with Crippen molar-refractivity contribution in [2.24, 2.45) is 16.7 Å². The summed E-state index contributed by atoms with van der Waals surface area (Å²) in [6.07, 6.45) is 3.78. The van der Waals surface area contributed by atoms with Gasteiger partial charge in [0.2, 0.25) is 0 Å². The van der Waals surface area contributed by atoms with Crippen LogP contribution in [-0.4, -0.2) is 23.2 Å². The van der Waals surface area contributed by atoms with Gasteiger partial charge in [-0.15, -0.1) is 0 Å². The van der Waals surface area contributed by atoms with Crippen molar-refractivity contribution in [1.82, 2.24) is 5.32 Å². The molecule has 106 valence electrons. The van der Waals surface area contributed by atoms with Gasteiger partial charge in [-0.25, -0.2) is 0 Å². The first kappa shape index (κ1) is 18.5. The first-order chi connectivity index (χ1) is 8.17. The molecule has 2 N–H and O–H groups in total. The van der Waals surface area contributed by atoms with Gasteiger partial charge in [-0.3, -0.25) is 4.57 Å². The predicted octanol–water partition coefficient (Wildman–Crippen LogP) is -1.01. The molecule has 2 fully saturated rings. The van der Waals surface area contributed by atoms with Gasteiger partial charge in [0.05, 0.1) is 0 Å². The van der Waals surface area contributed by atoms with Gasteiger partial charge in [-0.05, 0) is 36.0 Å². The Hall–Kier alpha value is 1.46. The molecule has 7 heteroatoms. The average molecular weight is 315 g/mol. The maximum absolute atomic E-state index is 10.6. The average Bonchev–Trinajstić information content (AvgIpc) is 2.55. The van der Waals surface area contributed by atoms with Gasteiger partial charge in [0.15, 0.2) is 6.80 Å². The molecule has 0 spiro atoms. The largest absolute Gasteiger partial charge is 1.00 e. The van der Waals surface area contributed by atoms with Gasteiger partial charge in [0.1, 0.15) is 0 Å². The Kier molecular flexibility index (Phi) is 6.13. The first-order valence-corrected chi connectivity index (χ1v) is 9.75. The normalized spacial score (nSPS) is 38.8. The molecule has 0 aromatic carbocycles. The van der Waals surface area contributed by atoms with Crippen LogP contribution in [0.4, 0.5) is 0 Å². The molecular formula is C12H23NNaO3PS. The molecule has 4 atom stereocenters. The van der Waals surface area contributed by atoms with E-state index in [1.165, 1.54) is 19.3 Å². The Labute approximate surface area is 142 Å². The van der Waals surface area contributed by atoms with Crippen LogP contribution < -0.4 is 39.8 Å². The molecule has 19 heavy (non-hydrogen) atoms. The summed E-state index contributed by atoms with van der Waals surface area (Å²) in [7, 11) is 0. The molecule has 2 saturated carbocycles. The standard InChI is InChI=1S/C12H24NO3PS.Na/c1-11(2)9-4-5-12(11,3)10(8-9)13-6-7-18-17(14,15)16;/h9-10,13H,4-8H2,1-3H3,(H2,14,15,16);/q;+1/p-1. The fourth-order valence-electron chi connectivity index (χ4n) is 3.91. The Morgan fingerprint density at radius 1 is 1.47 bits per heavy atom. The van der Waals surface area contributed by atoms with E-state index in [-0.39, 0.29) is 29.6 Å². The van der Waals surface area contributed by atoms with E-state index in [1.807, 2.05) is 0 Å². The molecule has 0 aliphatic heterocycles.